The molecule has 2 aliphatic rings. The molecule has 0 saturated carbocycles. The molecule has 2 fully saturated rings. The number of ether oxygens (including phenoxy) is 3. The number of benzene rings is 1. The molecule has 0 aliphatic carbocycles. The SMILES string of the molecule is CC(C)Oc1cccc(-c2nccn2[C@@H]2CO[C@H]3[C@@H]2OC[C@H]3O)c1. The maximum atomic E-state index is 9.93. The molecule has 2 aromatic rings. The van der Waals surface area contributed by atoms with Crippen LogP contribution in [0.4, 0.5) is 0 Å². The van der Waals surface area contributed by atoms with Gasteiger partial charge < -0.3 is 23.9 Å². The molecule has 0 radical (unpaired) electrons. The molecule has 3 heterocycles. The first-order valence-electron chi connectivity index (χ1n) is 8.34. The van der Waals surface area contributed by atoms with Gasteiger partial charge in [0.15, 0.2) is 0 Å². The molecule has 128 valence electrons. The van der Waals surface area contributed by atoms with Gasteiger partial charge in [-0.25, -0.2) is 4.98 Å². The van der Waals surface area contributed by atoms with Crippen molar-refractivity contribution in [2.45, 2.75) is 44.3 Å². The Kier molecular flexibility index (Phi) is 4.04. The quantitative estimate of drug-likeness (QED) is 0.929. The lowest BCUT2D eigenvalue weighted by molar-refractivity contribution is 0.0172. The molecule has 2 aliphatic heterocycles. The first-order valence-corrected chi connectivity index (χ1v) is 8.34. The molecule has 1 N–H and O–H groups in total. The topological polar surface area (TPSA) is 65.7 Å². The number of hydrogen-bond acceptors (Lipinski definition) is 5. The van der Waals surface area contributed by atoms with Crippen LogP contribution in [0.15, 0.2) is 36.7 Å². The van der Waals surface area contributed by atoms with Crippen LogP contribution in [0.5, 0.6) is 5.75 Å². The number of rotatable bonds is 4. The molecular formula is C18H22N2O4. The average Bonchev–Trinajstić information content (AvgIpc) is 3.24. The van der Waals surface area contributed by atoms with E-state index in [1.54, 1.807) is 6.20 Å². The highest BCUT2D eigenvalue weighted by Gasteiger charge is 2.48. The van der Waals surface area contributed by atoms with E-state index in [-0.39, 0.29) is 24.4 Å². The number of hydrogen-bond donors (Lipinski definition) is 1. The fraction of sp³-hybridized carbons (Fsp3) is 0.500. The zero-order valence-corrected chi connectivity index (χ0v) is 13.8. The van der Waals surface area contributed by atoms with Crippen LogP contribution in [-0.2, 0) is 9.47 Å². The van der Waals surface area contributed by atoms with Crippen LogP contribution in [0.2, 0.25) is 0 Å². The Bertz CT molecular complexity index is 715. The standard InChI is InChI=1S/C18H22N2O4/c1-11(2)24-13-5-3-4-12(8-13)18-19-6-7-20(18)14-9-22-17-15(21)10-23-16(14)17/h3-8,11,14-17,21H,9-10H2,1-2H3/t14-,15-,16-,17-/m1/s1. The van der Waals surface area contributed by atoms with Crippen LogP contribution in [0, 0.1) is 0 Å². The van der Waals surface area contributed by atoms with E-state index in [2.05, 4.69) is 9.55 Å². The summed E-state index contributed by atoms with van der Waals surface area (Å²) in [5.74, 6) is 1.67. The minimum atomic E-state index is -0.547. The molecule has 6 heteroatoms. The number of aromatic nitrogens is 2. The summed E-state index contributed by atoms with van der Waals surface area (Å²) in [5, 5.41) is 9.93. The van der Waals surface area contributed by atoms with E-state index < -0.39 is 6.10 Å². The Morgan fingerprint density at radius 2 is 2.08 bits per heavy atom. The third-order valence-electron chi connectivity index (χ3n) is 4.49. The minimum absolute atomic E-state index is 0.0133. The number of aliphatic hydroxyl groups excluding tert-OH is 1. The Morgan fingerprint density at radius 3 is 2.92 bits per heavy atom. The van der Waals surface area contributed by atoms with Gasteiger partial charge in [0.25, 0.3) is 0 Å². The number of fused-ring (bicyclic) bond motifs is 1. The molecule has 1 aromatic carbocycles. The minimum Gasteiger partial charge on any atom is -0.491 e. The van der Waals surface area contributed by atoms with Gasteiger partial charge in [0.1, 0.15) is 29.9 Å². The van der Waals surface area contributed by atoms with E-state index in [1.807, 2.05) is 44.3 Å². The fourth-order valence-corrected chi connectivity index (χ4v) is 3.48. The van der Waals surface area contributed by atoms with Crippen molar-refractivity contribution in [1.82, 2.24) is 9.55 Å². The second-order valence-corrected chi connectivity index (χ2v) is 6.58. The van der Waals surface area contributed by atoms with Crippen LogP contribution < -0.4 is 4.74 Å². The van der Waals surface area contributed by atoms with Gasteiger partial charge in [-0.3, -0.25) is 0 Å². The lowest BCUT2D eigenvalue weighted by Gasteiger charge is -2.20. The summed E-state index contributed by atoms with van der Waals surface area (Å²) < 4.78 is 19.4. The first-order chi connectivity index (χ1) is 11.6. The monoisotopic (exact) mass is 330 g/mol. The van der Waals surface area contributed by atoms with Gasteiger partial charge in [-0.15, -0.1) is 0 Å². The van der Waals surface area contributed by atoms with Crippen LogP contribution in [-0.4, -0.2) is 52.3 Å². The predicted octanol–water partition coefficient (Wildman–Crippen LogP) is 2.04. The molecule has 2 saturated heterocycles. The van der Waals surface area contributed by atoms with Gasteiger partial charge in [0.05, 0.1) is 25.4 Å². The third kappa shape index (κ3) is 2.70. The largest absolute Gasteiger partial charge is 0.491 e. The Labute approximate surface area is 141 Å². The summed E-state index contributed by atoms with van der Waals surface area (Å²) in [6.07, 6.45) is 2.91. The zero-order chi connectivity index (χ0) is 16.7. The van der Waals surface area contributed by atoms with E-state index in [1.165, 1.54) is 0 Å². The number of imidazole rings is 1. The van der Waals surface area contributed by atoms with Crippen molar-refractivity contribution in [1.29, 1.82) is 0 Å². The normalized spacial score (nSPS) is 29.2. The fourth-order valence-electron chi connectivity index (χ4n) is 3.48. The highest BCUT2D eigenvalue weighted by Crippen LogP contribution is 2.36. The zero-order valence-electron chi connectivity index (χ0n) is 13.8. The van der Waals surface area contributed by atoms with Crippen molar-refractivity contribution in [2.24, 2.45) is 0 Å². The molecule has 0 unspecified atom stereocenters. The van der Waals surface area contributed by atoms with E-state index >= 15 is 0 Å². The molecule has 24 heavy (non-hydrogen) atoms. The molecule has 0 bridgehead atoms. The maximum Gasteiger partial charge on any atom is 0.140 e. The van der Waals surface area contributed by atoms with Gasteiger partial charge in [-0.05, 0) is 26.0 Å². The van der Waals surface area contributed by atoms with E-state index in [0.717, 1.165) is 17.1 Å². The Morgan fingerprint density at radius 1 is 1.25 bits per heavy atom. The second kappa shape index (κ2) is 6.20. The summed E-state index contributed by atoms with van der Waals surface area (Å²) in [6, 6.07) is 7.94. The predicted molar refractivity (Wildman–Crippen MR) is 88.0 cm³/mol. The average molecular weight is 330 g/mol. The van der Waals surface area contributed by atoms with E-state index in [4.69, 9.17) is 14.2 Å². The van der Waals surface area contributed by atoms with Gasteiger partial charge in [-0.2, -0.15) is 0 Å². The number of aliphatic hydroxyl groups is 1. The Balaban J connectivity index is 1.64. The third-order valence-corrected chi connectivity index (χ3v) is 4.49. The molecule has 4 atom stereocenters. The van der Waals surface area contributed by atoms with Crippen molar-refractivity contribution < 1.29 is 19.3 Å². The van der Waals surface area contributed by atoms with E-state index in [0.29, 0.717) is 13.2 Å². The van der Waals surface area contributed by atoms with Gasteiger partial charge in [0.2, 0.25) is 0 Å². The highest BCUT2D eigenvalue weighted by atomic mass is 16.6. The summed E-state index contributed by atoms with van der Waals surface area (Å²) in [4.78, 5) is 4.52. The second-order valence-electron chi connectivity index (χ2n) is 6.58. The van der Waals surface area contributed by atoms with Gasteiger partial charge in [0, 0.05) is 18.0 Å². The lowest BCUT2D eigenvalue weighted by atomic mass is 10.1. The highest BCUT2D eigenvalue weighted by molar-refractivity contribution is 5.58. The molecule has 0 amide bonds. The van der Waals surface area contributed by atoms with Crippen molar-refractivity contribution in [3.05, 3.63) is 36.7 Å². The van der Waals surface area contributed by atoms with Gasteiger partial charge >= 0.3 is 0 Å². The molecular weight excluding hydrogens is 308 g/mol. The van der Waals surface area contributed by atoms with Crippen molar-refractivity contribution in [3.63, 3.8) is 0 Å². The molecule has 6 nitrogen and oxygen atoms in total. The summed E-state index contributed by atoms with van der Waals surface area (Å²) >= 11 is 0. The summed E-state index contributed by atoms with van der Waals surface area (Å²) in [5.41, 5.74) is 0.986. The molecule has 4 rings (SSSR count). The Hall–Kier alpha value is -1.89. The van der Waals surface area contributed by atoms with Crippen molar-refractivity contribution in [2.75, 3.05) is 13.2 Å². The van der Waals surface area contributed by atoms with Crippen LogP contribution in [0.1, 0.15) is 19.9 Å². The molecule has 1 aromatic heterocycles. The summed E-state index contributed by atoms with van der Waals surface area (Å²) in [6.45, 7) is 4.85. The molecule has 0 spiro atoms. The number of nitrogens with zero attached hydrogens (tertiary/aromatic N) is 2. The van der Waals surface area contributed by atoms with Gasteiger partial charge in [-0.1, -0.05) is 12.1 Å². The van der Waals surface area contributed by atoms with Crippen molar-refractivity contribution >= 4 is 0 Å². The first kappa shape index (κ1) is 15.6. The summed E-state index contributed by atoms with van der Waals surface area (Å²) in [7, 11) is 0. The maximum absolute atomic E-state index is 9.93. The van der Waals surface area contributed by atoms with Crippen LogP contribution >= 0.6 is 0 Å². The van der Waals surface area contributed by atoms with E-state index in [9.17, 15) is 5.11 Å². The lowest BCUT2D eigenvalue weighted by Crippen LogP contribution is -2.30. The van der Waals surface area contributed by atoms with Crippen LogP contribution in [0.3, 0.4) is 0 Å². The van der Waals surface area contributed by atoms with Crippen molar-refractivity contribution in [3.8, 4) is 17.1 Å². The van der Waals surface area contributed by atoms with Crippen LogP contribution in [0.25, 0.3) is 11.4 Å². The smallest absolute Gasteiger partial charge is 0.140 e.